The van der Waals surface area contributed by atoms with Crippen molar-refractivity contribution in [1.29, 1.82) is 0 Å². The Bertz CT molecular complexity index is 332. The summed E-state index contributed by atoms with van der Waals surface area (Å²) in [6.45, 7) is 8.59. The van der Waals surface area contributed by atoms with Gasteiger partial charge in [0.05, 0.1) is 25.7 Å². The number of hydrogen-bond donors (Lipinski definition) is 0. The molecule has 0 amide bonds. The van der Waals surface area contributed by atoms with E-state index in [0.29, 0.717) is 0 Å². The normalized spacial score (nSPS) is 12.4. The molecular weight excluding hydrogens is 264 g/mol. The molecule has 6 nitrogen and oxygen atoms in total. The Labute approximate surface area is 119 Å². The fourth-order valence-corrected chi connectivity index (χ4v) is 1.81. The van der Waals surface area contributed by atoms with E-state index in [1.807, 2.05) is 0 Å². The SMILES string of the molecule is CCOC(=O)C(C)CC(C)(C(=O)OCC)C(=O)OCC. The van der Waals surface area contributed by atoms with Crippen molar-refractivity contribution in [3.63, 3.8) is 0 Å². The summed E-state index contributed by atoms with van der Waals surface area (Å²) in [5.41, 5.74) is -1.50. The van der Waals surface area contributed by atoms with E-state index in [-0.39, 0.29) is 26.2 Å². The van der Waals surface area contributed by atoms with Gasteiger partial charge in [-0.05, 0) is 34.1 Å². The number of rotatable bonds is 8. The maximum Gasteiger partial charge on any atom is 0.323 e. The summed E-state index contributed by atoms with van der Waals surface area (Å²) in [7, 11) is 0. The predicted molar refractivity (Wildman–Crippen MR) is 71.8 cm³/mol. The minimum Gasteiger partial charge on any atom is -0.466 e. The van der Waals surface area contributed by atoms with Gasteiger partial charge in [0, 0.05) is 0 Å². The second-order valence-corrected chi connectivity index (χ2v) is 4.63. The maximum absolute atomic E-state index is 12.0. The smallest absolute Gasteiger partial charge is 0.323 e. The van der Waals surface area contributed by atoms with Gasteiger partial charge >= 0.3 is 17.9 Å². The molecule has 0 saturated carbocycles. The van der Waals surface area contributed by atoms with E-state index < -0.39 is 29.2 Å². The Morgan fingerprint density at radius 2 is 1.30 bits per heavy atom. The molecule has 20 heavy (non-hydrogen) atoms. The van der Waals surface area contributed by atoms with E-state index in [2.05, 4.69) is 0 Å². The zero-order chi connectivity index (χ0) is 15.8. The van der Waals surface area contributed by atoms with Gasteiger partial charge in [-0.15, -0.1) is 0 Å². The maximum atomic E-state index is 12.0. The Morgan fingerprint density at radius 3 is 1.65 bits per heavy atom. The van der Waals surface area contributed by atoms with E-state index in [1.165, 1.54) is 6.92 Å². The summed E-state index contributed by atoms with van der Waals surface area (Å²) in [6, 6.07) is 0. The van der Waals surface area contributed by atoms with E-state index in [0.717, 1.165) is 0 Å². The summed E-state index contributed by atoms with van der Waals surface area (Å²) in [5.74, 6) is -2.43. The number of ether oxygens (including phenoxy) is 3. The lowest BCUT2D eigenvalue weighted by atomic mass is 9.81. The number of carbonyl (C=O) groups is 3. The van der Waals surface area contributed by atoms with Crippen LogP contribution >= 0.6 is 0 Å². The molecule has 1 atom stereocenters. The van der Waals surface area contributed by atoms with Crippen LogP contribution < -0.4 is 0 Å². The average molecular weight is 288 g/mol. The highest BCUT2D eigenvalue weighted by Crippen LogP contribution is 2.30. The third-order valence-electron chi connectivity index (χ3n) is 2.86. The molecule has 116 valence electrons. The van der Waals surface area contributed by atoms with Crippen molar-refractivity contribution in [2.24, 2.45) is 11.3 Å². The van der Waals surface area contributed by atoms with Crippen LogP contribution in [0.3, 0.4) is 0 Å². The molecule has 1 unspecified atom stereocenters. The van der Waals surface area contributed by atoms with Gasteiger partial charge < -0.3 is 14.2 Å². The van der Waals surface area contributed by atoms with Crippen LogP contribution in [0.15, 0.2) is 0 Å². The molecule has 6 heteroatoms. The van der Waals surface area contributed by atoms with Crippen molar-refractivity contribution in [2.75, 3.05) is 19.8 Å². The lowest BCUT2D eigenvalue weighted by Gasteiger charge is -2.27. The van der Waals surface area contributed by atoms with Crippen LogP contribution in [0.5, 0.6) is 0 Å². The molecular formula is C14H24O6. The third-order valence-corrected chi connectivity index (χ3v) is 2.86. The minimum absolute atomic E-state index is 0.0104. The van der Waals surface area contributed by atoms with Crippen LogP contribution in [-0.4, -0.2) is 37.7 Å². The van der Waals surface area contributed by atoms with E-state index in [9.17, 15) is 14.4 Å². The standard InChI is InChI=1S/C14H24O6/c1-6-18-11(15)10(4)9-14(5,12(16)19-7-2)13(17)20-8-3/h10H,6-9H2,1-5H3. The molecule has 0 saturated heterocycles. The number of hydrogen-bond acceptors (Lipinski definition) is 6. The molecule has 0 bridgehead atoms. The van der Waals surface area contributed by atoms with E-state index in [1.54, 1.807) is 27.7 Å². The number of carbonyl (C=O) groups excluding carboxylic acids is 3. The fraction of sp³-hybridized carbons (Fsp3) is 0.786. The van der Waals surface area contributed by atoms with Crippen molar-refractivity contribution < 1.29 is 28.6 Å². The molecule has 0 aliphatic rings. The summed E-state index contributed by atoms with van der Waals surface area (Å²) in [5, 5.41) is 0. The van der Waals surface area contributed by atoms with Crippen LogP contribution in [0.25, 0.3) is 0 Å². The van der Waals surface area contributed by atoms with Crippen molar-refractivity contribution in [1.82, 2.24) is 0 Å². The molecule has 0 fully saturated rings. The third kappa shape index (κ3) is 4.83. The Morgan fingerprint density at radius 1 is 0.900 bits per heavy atom. The molecule has 0 aromatic rings. The zero-order valence-electron chi connectivity index (χ0n) is 12.9. The topological polar surface area (TPSA) is 78.9 Å². The molecule has 0 N–H and O–H groups in total. The quantitative estimate of drug-likeness (QED) is 0.384. The first-order valence-electron chi connectivity index (χ1n) is 6.84. The van der Waals surface area contributed by atoms with Gasteiger partial charge in [-0.25, -0.2) is 0 Å². The van der Waals surface area contributed by atoms with Gasteiger partial charge in [-0.3, -0.25) is 14.4 Å². The van der Waals surface area contributed by atoms with Gasteiger partial charge in [-0.2, -0.15) is 0 Å². The summed E-state index contributed by atoms with van der Waals surface area (Å²) < 4.78 is 14.7. The van der Waals surface area contributed by atoms with E-state index >= 15 is 0 Å². The molecule has 0 aromatic heterocycles. The summed E-state index contributed by atoms with van der Waals surface area (Å²) in [6.07, 6.45) is -0.0104. The first-order valence-corrected chi connectivity index (χ1v) is 6.84. The van der Waals surface area contributed by atoms with Crippen LogP contribution in [0, 0.1) is 11.3 Å². The van der Waals surface area contributed by atoms with Gasteiger partial charge in [0.15, 0.2) is 5.41 Å². The van der Waals surface area contributed by atoms with Crippen molar-refractivity contribution in [2.45, 2.75) is 41.0 Å². The van der Waals surface area contributed by atoms with Gasteiger partial charge in [-0.1, -0.05) is 6.92 Å². The lowest BCUT2D eigenvalue weighted by molar-refractivity contribution is -0.172. The van der Waals surface area contributed by atoms with Crippen molar-refractivity contribution in [3.8, 4) is 0 Å². The Hall–Kier alpha value is -1.59. The number of esters is 3. The summed E-state index contributed by atoms with van der Waals surface area (Å²) in [4.78, 5) is 35.7. The average Bonchev–Trinajstić information content (AvgIpc) is 2.39. The molecule has 0 aliphatic carbocycles. The Balaban J connectivity index is 5.07. The highest BCUT2D eigenvalue weighted by atomic mass is 16.6. The highest BCUT2D eigenvalue weighted by molar-refractivity contribution is 6.00. The second-order valence-electron chi connectivity index (χ2n) is 4.63. The van der Waals surface area contributed by atoms with Crippen LogP contribution in [-0.2, 0) is 28.6 Å². The fourth-order valence-electron chi connectivity index (χ4n) is 1.81. The van der Waals surface area contributed by atoms with E-state index in [4.69, 9.17) is 14.2 Å². The largest absolute Gasteiger partial charge is 0.466 e. The molecule has 0 heterocycles. The summed E-state index contributed by atoms with van der Waals surface area (Å²) >= 11 is 0. The van der Waals surface area contributed by atoms with Gasteiger partial charge in [0.25, 0.3) is 0 Å². The zero-order valence-corrected chi connectivity index (χ0v) is 12.9. The molecule has 0 aromatic carbocycles. The highest BCUT2D eigenvalue weighted by Gasteiger charge is 2.46. The Kier molecular flexibility index (Phi) is 7.87. The lowest BCUT2D eigenvalue weighted by Crippen LogP contribution is -2.42. The van der Waals surface area contributed by atoms with Gasteiger partial charge in [0.1, 0.15) is 0 Å². The minimum atomic E-state index is -1.50. The van der Waals surface area contributed by atoms with Crippen LogP contribution in [0.2, 0.25) is 0 Å². The molecule has 0 aliphatic heterocycles. The molecule has 0 spiro atoms. The molecule has 0 radical (unpaired) electrons. The monoisotopic (exact) mass is 288 g/mol. The van der Waals surface area contributed by atoms with Crippen molar-refractivity contribution >= 4 is 17.9 Å². The van der Waals surface area contributed by atoms with Gasteiger partial charge in [0.2, 0.25) is 0 Å². The van der Waals surface area contributed by atoms with Crippen LogP contribution in [0.1, 0.15) is 41.0 Å². The van der Waals surface area contributed by atoms with Crippen LogP contribution in [0.4, 0.5) is 0 Å². The first-order chi connectivity index (χ1) is 9.33. The molecule has 0 rings (SSSR count). The van der Waals surface area contributed by atoms with Crippen molar-refractivity contribution in [3.05, 3.63) is 0 Å². The second kappa shape index (κ2) is 8.55. The predicted octanol–water partition coefficient (Wildman–Crippen LogP) is 1.71. The first kappa shape index (κ1) is 18.4.